The lowest BCUT2D eigenvalue weighted by Crippen LogP contribution is -2.30. The van der Waals surface area contributed by atoms with Gasteiger partial charge in [0, 0.05) is 19.1 Å². The fourth-order valence-corrected chi connectivity index (χ4v) is 2.31. The van der Waals surface area contributed by atoms with Crippen LogP contribution < -0.4 is 5.32 Å². The molecule has 0 aliphatic carbocycles. The van der Waals surface area contributed by atoms with E-state index < -0.39 is 5.97 Å². The van der Waals surface area contributed by atoms with Crippen molar-refractivity contribution >= 4 is 11.8 Å². The summed E-state index contributed by atoms with van der Waals surface area (Å²) in [7, 11) is 2.11. The van der Waals surface area contributed by atoms with Gasteiger partial charge in [-0.05, 0) is 38.1 Å². The van der Waals surface area contributed by atoms with Crippen LogP contribution in [0.2, 0.25) is 0 Å². The third-order valence-corrected chi connectivity index (χ3v) is 3.86. The third-order valence-electron chi connectivity index (χ3n) is 3.86. The molecule has 0 fully saturated rings. The average Bonchev–Trinajstić information content (AvgIpc) is 2.56. The minimum Gasteiger partial charge on any atom is -0.477 e. The van der Waals surface area contributed by atoms with E-state index in [4.69, 9.17) is 5.11 Å². The van der Waals surface area contributed by atoms with Crippen LogP contribution in [-0.2, 0) is 6.54 Å². The van der Waals surface area contributed by atoms with E-state index in [2.05, 4.69) is 53.4 Å². The Labute approximate surface area is 137 Å². The number of hydrogen-bond donors (Lipinski definition) is 2. The predicted octanol–water partition coefficient (Wildman–Crippen LogP) is 3.10. The molecule has 5 heteroatoms. The molecule has 23 heavy (non-hydrogen) atoms. The van der Waals surface area contributed by atoms with Gasteiger partial charge in [-0.2, -0.15) is 0 Å². The largest absolute Gasteiger partial charge is 0.477 e. The number of rotatable bonds is 8. The molecular weight excluding hydrogens is 290 g/mol. The summed E-state index contributed by atoms with van der Waals surface area (Å²) in [6.45, 7) is 3.84. The number of carbonyl (C=O) groups is 1. The molecule has 0 saturated carbocycles. The fraction of sp³-hybridized carbons (Fsp3) is 0.333. The van der Waals surface area contributed by atoms with E-state index in [-0.39, 0.29) is 5.69 Å². The van der Waals surface area contributed by atoms with Crippen molar-refractivity contribution in [3.8, 4) is 0 Å². The summed E-state index contributed by atoms with van der Waals surface area (Å²) in [6.07, 6.45) is 0.947. The molecule has 5 nitrogen and oxygen atoms in total. The van der Waals surface area contributed by atoms with E-state index in [1.165, 1.54) is 11.6 Å². The summed E-state index contributed by atoms with van der Waals surface area (Å²) in [4.78, 5) is 17.3. The molecule has 1 aromatic heterocycles. The van der Waals surface area contributed by atoms with Crippen molar-refractivity contribution in [1.29, 1.82) is 0 Å². The second-order valence-electron chi connectivity index (χ2n) is 5.68. The monoisotopic (exact) mass is 313 g/mol. The Morgan fingerprint density at radius 3 is 2.65 bits per heavy atom. The number of aromatic nitrogens is 1. The van der Waals surface area contributed by atoms with E-state index in [1.54, 1.807) is 12.1 Å². The van der Waals surface area contributed by atoms with Crippen LogP contribution in [0.1, 0.15) is 29.4 Å². The topological polar surface area (TPSA) is 65.5 Å². The molecule has 2 aromatic rings. The fourth-order valence-electron chi connectivity index (χ4n) is 2.31. The molecule has 2 rings (SSSR count). The van der Waals surface area contributed by atoms with Gasteiger partial charge in [-0.25, -0.2) is 9.78 Å². The van der Waals surface area contributed by atoms with Gasteiger partial charge < -0.3 is 10.4 Å². The standard InChI is InChI=1S/C18H23N3O2/c1-14(21(2)13-15-7-4-3-5-8-15)11-12-19-17-10-6-9-16(20-17)18(22)23/h3-10,14H,11-13H2,1-2H3,(H,19,20)(H,22,23). The summed E-state index contributed by atoms with van der Waals surface area (Å²) >= 11 is 0. The van der Waals surface area contributed by atoms with Gasteiger partial charge in [-0.15, -0.1) is 0 Å². The maximum absolute atomic E-state index is 10.9. The maximum Gasteiger partial charge on any atom is 0.354 e. The highest BCUT2D eigenvalue weighted by Gasteiger charge is 2.10. The highest BCUT2D eigenvalue weighted by molar-refractivity contribution is 5.85. The average molecular weight is 313 g/mol. The number of carboxylic acids is 1. The number of anilines is 1. The Morgan fingerprint density at radius 2 is 1.96 bits per heavy atom. The van der Waals surface area contributed by atoms with Crippen LogP contribution in [0.5, 0.6) is 0 Å². The Bertz CT molecular complexity index is 631. The molecule has 0 aliphatic rings. The molecule has 0 amide bonds. The molecule has 1 unspecified atom stereocenters. The van der Waals surface area contributed by atoms with Crippen LogP contribution in [-0.4, -0.2) is 40.6 Å². The number of nitrogens with zero attached hydrogens (tertiary/aromatic N) is 2. The second-order valence-corrected chi connectivity index (χ2v) is 5.68. The zero-order chi connectivity index (χ0) is 16.7. The molecule has 1 heterocycles. The van der Waals surface area contributed by atoms with Crippen molar-refractivity contribution in [2.75, 3.05) is 18.9 Å². The van der Waals surface area contributed by atoms with Crippen LogP contribution in [0, 0.1) is 0 Å². The molecule has 0 aliphatic heterocycles. The minimum absolute atomic E-state index is 0.0595. The zero-order valence-electron chi connectivity index (χ0n) is 13.6. The molecule has 0 bridgehead atoms. The predicted molar refractivity (Wildman–Crippen MR) is 91.7 cm³/mol. The number of benzene rings is 1. The van der Waals surface area contributed by atoms with Crippen molar-refractivity contribution in [3.05, 3.63) is 59.8 Å². The van der Waals surface area contributed by atoms with Gasteiger partial charge in [0.2, 0.25) is 0 Å². The van der Waals surface area contributed by atoms with Crippen LogP contribution in [0.15, 0.2) is 48.5 Å². The van der Waals surface area contributed by atoms with Gasteiger partial charge in [0.05, 0.1) is 0 Å². The van der Waals surface area contributed by atoms with Crippen molar-refractivity contribution in [2.45, 2.75) is 25.9 Å². The smallest absolute Gasteiger partial charge is 0.354 e. The highest BCUT2D eigenvalue weighted by Crippen LogP contribution is 2.10. The van der Waals surface area contributed by atoms with Crippen LogP contribution in [0.3, 0.4) is 0 Å². The van der Waals surface area contributed by atoms with Crippen molar-refractivity contribution < 1.29 is 9.90 Å². The molecule has 2 N–H and O–H groups in total. The van der Waals surface area contributed by atoms with Gasteiger partial charge in [-0.1, -0.05) is 36.4 Å². The molecule has 0 saturated heterocycles. The van der Waals surface area contributed by atoms with Crippen molar-refractivity contribution in [3.63, 3.8) is 0 Å². The van der Waals surface area contributed by atoms with Gasteiger partial charge >= 0.3 is 5.97 Å². The SMILES string of the molecule is CC(CCNc1cccc(C(=O)O)n1)N(C)Cc1ccccc1. The minimum atomic E-state index is -1.01. The Kier molecular flexibility index (Phi) is 6.11. The molecule has 1 aromatic carbocycles. The van der Waals surface area contributed by atoms with E-state index in [0.29, 0.717) is 11.9 Å². The summed E-state index contributed by atoms with van der Waals surface area (Å²) in [5.41, 5.74) is 1.36. The summed E-state index contributed by atoms with van der Waals surface area (Å²) in [5, 5.41) is 12.1. The lowest BCUT2D eigenvalue weighted by molar-refractivity contribution is 0.0690. The molecule has 0 radical (unpaired) electrons. The summed E-state index contributed by atoms with van der Waals surface area (Å²) in [6, 6.07) is 15.8. The Hall–Kier alpha value is -2.40. The zero-order valence-corrected chi connectivity index (χ0v) is 13.6. The molecule has 122 valence electrons. The molecule has 1 atom stereocenters. The number of aromatic carboxylic acids is 1. The number of nitrogens with one attached hydrogen (secondary N) is 1. The number of pyridine rings is 1. The van der Waals surface area contributed by atoms with E-state index in [0.717, 1.165) is 19.5 Å². The van der Waals surface area contributed by atoms with Gasteiger partial charge in [-0.3, -0.25) is 4.90 Å². The highest BCUT2D eigenvalue weighted by atomic mass is 16.4. The quantitative estimate of drug-likeness (QED) is 0.784. The summed E-state index contributed by atoms with van der Waals surface area (Å²) in [5.74, 6) is -0.410. The van der Waals surface area contributed by atoms with Gasteiger partial charge in [0.15, 0.2) is 5.69 Å². The van der Waals surface area contributed by atoms with E-state index in [9.17, 15) is 4.79 Å². The first-order valence-electron chi connectivity index (χ1n) is 7.74. The Morgan fingerprint density at radius 1 is 1.22 bits per heavy atom. The van der Waals surface area contributed by atoms with Crippen LogP contribution in [0.4, 0.5) is 5.82 Å². The second kappa shape index (κ2) is 8.29. The van der Waals surface area contributed by atoms with E-state index >= 15 is 0 Å². The first-order valence-corrected chi connectivity index (χ1v) is 7.74. The number of carboxylic acid groups (broad SMARTS) is 1. The van der Waals surface area contributed by atoms with Crippen LogP contribution >= 0.6 is 0 Å². The lowest BCUT2D eigenvalue weighted by atomic mass is 10.1. The normalized spacial score (nSPS) is 12.1. The van der Waals surface area contributed by atoms with Gasteiger partial charge in [0.25, 0.3) is 0 Å². The van der Waals surface area contributed by atoms with Gasteiger partial charge in [0.1, 0.15) is 5.82 Å². The number of hydrogen-bond acceptors (Lipinski definition) is 4. The van der Waals surface area contributed by atoms with Crippen molar-refractivity contribution in [1.82, 2.24) is 9.88 Å². The van der Waals surface area contributed by atoms with E-state index in [1.807, 2.05) is 6.07 Å². The first-order chi connectivity index (χ1) is 11.1. The molecular formula is C18H23N3O2. The molecule has 0 spiro atoms. The third kappa shape index (κ3) is 5.38. The first kappa shape index (κ1) is 17.0. The van der Waals surface area contributed by atoms with Crippen LogP contribution in [0.25, 0.3) is 0 Å². The lowest BCUT2D eigenvalue weighted by Gasteiger charge is -2.25. The maximum atomic E-state index is 10.9. The Balaban J connectivity index is 1.79. The van der Waals surface area contributed by atoms with Crippen molar-refractivity contribution in [2.24, 2.45) is 0 Å². The summed E-state index contributed by atoms with van der Waals surface area (Å²) < 4.78 is 0.